The first kappa shape index (κ1) is 13.6. The summed E-state index contributed by atoms with van der Waals surface area (Å²) in [7, 11) is 0. The lowest BCUT2D eigenvalue weighted by Gasteiger charge is -2.35. The van der Waals surface area contributed by atoms with Crippen molar-refractivity contribution in [2.75, 3.05) is 0 Å². The Labute approximate surface area is 100 Å². The van der Waals surface area contributed by atoms with Crippen LogP contribution in [0.5, 0.6) is 0 Å². The number of carboxylic acids is 1. The molecule has 0 aliphatic rings. The van der Waals surface area contributed by atoms with Crippen LogP contribution in [0.3, 0.4) is 0 Å². The van der Waals surface area contributed by atoms with Gasteiger partial charge >= 0.3 is 5.97 Å². The third-order valence-electron chi connectivity index (χ3n) is 3.55. The van der Waals surface area contributed by atoms with E-state index in [4.69, 9.17) is 10.8 Å². The van der Waals surface area contributed by atoms with Gasteiger partial charge in [-0.15, -0.1) is 0 Å². The molecule has 0 fully saturated rings. The highest BCUT2D eigenvalue weighted by Gasteiger charge is 2.37. The molecule has 17 heavy (non-hydrogen) atoms. The zero-order valence-electron chi connectivity index (χ0n) is 10.3. The molecule has 0 saturated carbocycles. The van der Waals surface area contributed by atoms with E-state index in [2.05, 4.69) is 0 Å². The second kappa shape index (κ2) is 4.84. The molecule has 0 saturated heterocycles. The van der Waals surface area contributed by atoms with E-state index in [1.807, 2.05) is 6.92 Å². The normalized spacial score (nSPS) is 15.4. The summed E-state index contributed by atoms with van der Waals surface area (Å²) in [4.78, 5) is 11.0. The third kappa shape index (κ3) is 2.82. The summed E-state index contributed by atoms with van der Waals surface area (Å²) in [6.45, 7) is 5.51. The van der Waals surface area contributed by atoms with Crippen molar-refractivity contribution < 1.29 is 14.3 Å². The van der Waals surface area contributed by atoms with Crippen molar-refractivity contribution in [1.29, 1.82) is 0 Å². The number of rotatable bonds is 4. The highest BCUT2D eigenvalue weighted by Crippen LogP contribution is 2.37. The Hall–Kier alpha value is -1.42. The maximum Gasteiger partial charge on any atom is 0.321 e. The van der Waals surface area contributed by atoms with E-state index in [9.17, 15) is 9.18 Å². The van der Waals surface area contributed by atoms with Crippen LogP contribution in [0, 0.1) is 11.2 Å². The van der Waals surface area contributed by atoms with Gasteiger partial charge in [0.05, 0.1) is 0 Å². The zero-order valence-corrected chi connectivity index (χ0v) is 10.3. The van der Waals surface area contributed by atoms with E-state index in [-0.39, 0.29) is 11.7 Å². The lowest BCUT2D eigenvalue weighted by Crippen LogP contribution is -2.46. The molecular weight excluding hydrogens is 221 g/mol. The van der Waals surface area contributed by atoms with E-state index in [1.165, 1.54) is 12.1 Å². The van der Waals surface area contributed by atoms with Gasteiger partial charge in [-0.05, 0) is 29.0 Å². The van der Waals surface area contributed by atoms with E-state index < -0.39 is 17.4 Å². The van der Waals surface area contributed by atoms with Crippen LogP contribution in [-0.2, 0) is 4.79 Å². The van der Waals surface area contributed by atoms with Gasteiger partial charge in [0.2, 0.25) is 0 Å². The molecule has 0 spiro atoms. The Bertz CT molecular complexity index is 400. The minimum Gasteiger partial charge on any atom is -0.480 e. The maximum absolute atomic E-state index is 12.8. The molecule has 1 aromatic rings. The summed E-state index contributed by atoms with van der Waals surface area (Å²) < 4.78 is 12.8. The van der Waals surface area contributed by atoms with Gasteiger partial charge in [0.15, 0.2) is 0 Å². The maximum atomic E-state index is 12.8. The monoisotopic (exact) mass is 239 g/mol. The number of hydrogen-bond acceptors (Lipinski definition) is 2. The Balaban J connectivity index is 2.99. The molecule has 3 nitrogen and oxygen atoms in total. The van der Waals surface area contributed by atoms with Gasteiger partial charge in [0.1, 0.15) is 11.9 Å². The van der Waals surface area contributed by atoms with Crippen molar-refractivity contribution >= 4 is 5.97 Å². The fraction of sp³-hybridized carbons (Fsp3) is 0.462. The van der Waals surface area contributed by atoms with E-state index >= 15 is 0 Å². The lowest BCUT2D eigenvalue weighted by molar-refractivity contribution is -0.141. The third-order valence-corrected chi connectivity index (χ3v) is 3.55. The molecule has 1 rings (SSSR count). The molecule has 0 aliphatic carbocycles. The van der Waals surface area contributed by atoms with E-state index in [0.717, 1.165) is 5.56 Å². The predicted octanol–water partition coefficient (Wildman–Crippen LogP) is 2.37. The summed E-state index contributed by atoms with van der Waals surface area (Å²) in [5.74, 6) is -1.40. The molecular formula is C13H18FNO2. The highest BCUT2D eigenvalue weighted by molar-refractivity contribution is 5.74. The van der Waals surface area contributed by atoms with Crippen molar-refractivity contribution in [3.8, 4) is 0 Å². The summed E-state index contributed by atoms with van der Waals surface area (Å²) >= 11 is 0. The lowest BCUT2D eigenvalue weighted by atomic mass is 9.71. The van der Waals surface area contributed by atoms with Crippen LogP contribution < -0.4 is 5.73 Å². The summed E-state index contributed by atoms with van der Waals surface area (Å²) in [6.07, 6.45) is 0. The van der Waals surface area contributed by atoms with Crippen molar-refractivity contribution in [1.82, 2.24) is 0 Å². The topological polar surface area (TPSA) is 63.3 Å². The van der Waals surface area contributed by atoms with E-state index in [1.54, 1.807) is 26.0 Å². The highest BCUT2D eigenvalue weighted by atomic mass is 19.1. The Kier molecular flexibility index (Phi) is 3.88. The van der Waals surface area contributed by atoms with Crippen molar-refractivity contribution in [2.45, 2.75) is 32.7 Å². The zero-order chi connectivity index (χ0) is 13.2. The van der Waals surface area contributed by atoms with Crippen LogP contribution in [0.15, 0.2) is 24.3 Å². The molecule has 2 atom stereocenters. The van der Waals surface area contributed by atoms with Gasteiger partial charge < -0.3 is 10.8 Å². The average Bonchev–Trinajstić information content (AvgIpc) is 2.27. The predicted molar refractivity (Wildman–Crippen MR) is 64.2 cm³/mol. The molecule has 3 N–H and O–H groups in total. The van der Waals surface area contributed by atoms with Crippen molar-refractivity contribution in [3.05, 3.63) is 35.6 Å². The minimum absolute atomic E-state index is 0.0748. The molecule has 0 aromatic heterocycles. The van der Waals surface area contributed by atoms with Crippen LogP contribution in [0.4, 0.5) is 4.39 Å². The Morgan fingerprint density at radius 3 is 2.24 bits per heavy atom. The quantitative estimate of drug-likeness (QED) is 0.847. The SMILES string of the molecule is CC(c1ccc(F)cc1)C(C)(C)C(N)C(=O)O. The first-order valence-corrected chi connectivity index (χ1v) is 5.50. The number of aliphatic carboxylic acids is 1. The van der Waals surface area contributed by atoms with Crippen LogP contribution >= 0.6 is 0 Å². The fourth-order valence-electron chi connectivity index (χ4n) is 1.77. The van der Waals surface area contributed by atoms with Gasteiger partial charge in [-0.2, -0.15) is 0 Å². The average molecular weight is 239 g/mol. The van der Waals surface area contributed by atoms with Crippen LogP contribution in [0.25, 0.3) is 0 Å². The standard InChI is InChI=1S/C13H18FNO2/c1-8(9-4-6-10(14)7-5-9)13(2,3)11(15)12(16)17/h4-8,11H,15H2,1-3H3,(H,16,17). The molecule has 0 bridgehead atoms. The molecule has 4 heteroatoms. The number of hydrogen-bond donors (Lipinski definition) is 2. The second-order valence-corrected chi connectivity index (χ2v) is 4.91. The first-order valence-electron chi connectivity index (χ1n) is 5.50. The Morgan fingerprint density at radius 1 is 1.35 bits per heavy atom. The molecule has 0 aliphatic heterocycles. The van der Waals surface area contributed by atoms with Crippen LogP contribution in [0.2, 0.25) is 0 Å². The molecule has 2 unspecified atom stereocenters. The van der Waals surface area contributed by atoms with Crippen molar-refractivity contribution in [3.63, 3.8) is 0 Å². The van der Waals surface area contributed by atoms with E-state index in [0.29, 0.717) is 0 Å². The molecule has 0 amide bonds. The first-order chi connectivity index (χ1) is 7.76. The van der Waals surface area contributed by atoms with Crippen LogP contribution in [0.1, 0.15) is 32.3 Å². The number of halogens is 1. The fourth-order valence-corrected chi connectivity index (χ4v) is 1.77. The van der Waals surface area contributed by atoms with Gasteiger partial charge in [0.25, 0.3) is 0 Å². The summed E-state index contributed by atoms with van der Waals surface area (Å²) in [6, 6.07) is 5.11. The number of carbonyl (C=O) groups is 1. The largest absolute Gasteiger partial charge is 0.480 e. The van der Waals surface area contributed by atoms with Gasteiger partial charge in [-0.1, -0.05) is 32.9 Å². The molecule has 0 heterocycles. The molecule has 1 aromatic carbocycles. The number of carboxylic acid groups (broad SMARTS) is 1. The smallest absolute Gasteiger partial charge is 0.321 e. The summed E-state index contributed by atoms with van der Waals surface area (Å²) in [5, 5.41) is 8.97. The van der Waals surface area contributed by atoms with Crippen molar-refractivity contribution in [2.24, 2.45) is 11.1 Å². The van der Waals surface area contributed by atoms with Gasteiger partial charge in [-0.3, -0.25) is 4.79 Å². The Morgan fingerprint density at radius 2 is 1.82 bits per heavy atom. The van der Waals surface area contributed by atoms with Gasteiger partial charge in [0, 0.05) is 0 Å². The number of benzene rings is 1. The minimum atomic E-state index is -1.02. The van der Waals surface area contributed by atoms with Crippen LogP contribution in [-0.4, -0.2) is 17.1 Å². The molecule has 0 radical (unpaired) electrons. The summed E-state index contributed by atoms with van der Waals surface area (Å²) in [5.41, 5.74) is 5.96. The van der Waals surface area contributed by atoms with Gasteiger partial charge in [-0.25, -0.2) is 4.39 Å². The second-order valence-electron chi connectivity index (χ2n) is 4.91. The molecule has 94 valence electrons. The number of nitrogens with two attached hydrogens (primary N) is 1.